The molecule has 0 fully saturated rings. The molecule has 1 aliphatic heterocycles. The molecule has 0 saturated heterocycles. The Kier molecular flexibility index (Phi) is 3.81. The third kappa shape index (κ3) is 2.69. The second-order valence-electron chi connectivity index (χ2n) is 6.89. The summed E-state index contributed by atoms with van der Waals surface area (Å²) in [6, 6.07) is 6.15. The van der Waals surface area contributed by atoms with Gasteiger partial charge in [-0.2, -0.15) is 0 Å². The Morgan fingerprint density at radius 1 is 1.21 bits per heavy atom. The van der Waals surface area contributed by atoms with Crippen LogP contribution in [0.5, 0.6) is 0 Å². The van der Waals surface area contributed by atoms with Gasteiger partial charge in [0.2, 0.25) is 0 Å². The van der Waals surface area contributed by atoms with Gasteiger partial charge in [-0.05, 0) is 19.1 Å². The number of rotatable bonds is 3. The van der Waals surface area contributed by atoms with Crippen LogP contribution >= 0.6 is 0 Å². The minimum atomic E-state index is 0.383. The van der Waals surface area contributed by atoms with Crippen LogP contribution in [0.3, 0.4) is 0 Å². The van der Waals surface area contributed by atoms with Gasteiger partial charge in [0.15, 0.2) is 0 Å². The molecule has 0 bridgehead atoms. The fourth-order valence-electron chi connectivity index (χ4n) is 3.37. The first-order valence-electron chi connectivity index (χ1n) is 8.61. The largest absolute Gasteiger partial charge is 0.302 e. The fraction of sp³-hybridized carbons (Fsp3) is 0.421. The zero-order valence-electron chi connectivity index (χ0n) is 14.5. The van der Waals surface area contributed by atoms with E-state index in [-0.39, 0.29) is 0 Å². The van der Waals surface area contributed by atoms with Crippen LogP contribution in [0.25, 0.3) is 5.65 Å². The van der Waals surface area contributed by atoms with Gasteiger partial charge in [-0.1, -0.05) is 19.9 Å². The van der Waals surface area contributed by atoms with Crippen molar-refractivity contribution in [3.8, 4) is 0 Å². The van der Waals surface area contributed by atoms with Crippen molar-refractivity contribution >= 4 is 5.65 Å². The fourth-order valence-corrected chi connectivity index (χ4v) is 3.37. The van der Waals surface area contributed by atoms with E-state index >= 15 is 0 Å². The third-order valence-electron chi connectivity index (χ3n) is 4.75. The zero-order valence-corrected chi connectivity index (χ0v) is 14.5. The molecule has 0 radical (unpaired) electrons. The Balaban J connectivity index is 1.58. The zero-order chi connectivity index (χ0) is 16.7. The maximum absolute atomic E-state index is 4.76. The SMILES string of the molecule is Cc1nc2ccccn2c1CN1CCc2nc(C(C)C)ncc2C1. The molecule has 4 rings (SSSR count). The first-order chi connectivity index (χ1) is 11.6. The summed E-state index contributed by atoms with van der Waals surface area (Å²) in [5.41, 5.74) is 5.89. The maximum Gasteiger partial charge on any atom is 0.137 e. The summed E-state index contributed by atoms with van der Waals surface area (Å²) in [4.78, 5) is 16.4. The molecule has 0 spiro atoms. The molecule has 4 heterocycles. The van der Waals surface area contributed by atoms with E-state index in [9.17, 15) is 0 Å². The van der Waals surface area contributed by atoms with Gasteiger partial charge in [-0.25, -0.2) is 15.0 Å². The molecule has 0 saturated carbocycles. The van der Waals surface area contributed by atoms with Gasteiger partial charge < -0.3 is 4.40 Å². The van der Waals surface area contributed by atoms with E-state index in [0.29, 0.717) is 5.92 Å². The Bertz CT molecular complexity index is 881. The summed E-state index contributed by atoms with van der Waals surface area (Å²) in [6.07, 6.45) is 5.11. The highest BCUT2D eigenvalue weighted by Crippen LogP contribution is 2.22. The van der Waals surface area contributed by atoms with Gasteiger partial charge in [0, 0.05) is 55.6 Å². The number of hydrogen-bond acceptors (Lipinski definition) is 4. The maximum atomic E-state index is 4.76. The molecular weight excluding hydrogens is 298 g/mol. The summed E-state index contributed by atoms with van der Waals surface area (Å²) >= 11 is 0. The lowest BCUT2D eigenvalue weighted by molar-refractivity contribution is 0.238. The molecule has 3 aromatic rings. The second kappa shape index (κ2) is 5.98. The minimum absolute atomic E-state index is 0.383. The molecule has 0 N–H and O–H groups in total. The highest BCUT2D eigenvalue weighted by molar-refractivity contribution is 5.42. The standard InChI is InChI=1S/C19H23N5/c1-13(2)19-20-10-15-11-23(9-7-16(15)22-19)12-17-14(3)21-18-6-4-5-8-24(17)18/h4-6,8,10,13H,7,9,11-12H2,1-3H3. The van der Waals surface area contributed by atoms with Crippen LogP contribution in [-0.2, 0) is 19.5 Å². The van der Waals surface area contributed by atoms with Crippen molar-refractivity contribution in [3.63, 3.8) is 0 Å². The topological polar surface area (TPSA) is 46.3 Å². The van der Waals surface area contributed by atoms with Gasteiger partial charge in [-0.15, -0.1) is 0 Å². The normalized spacial score (nSPS) is 15.2. The van der Waals surface area contributed by atoms with E-state index in [4.69, 9.17) is 4.98 Å². The van der Waals surface area contributed by atoms with Crippen LogP contribution in [0.2, 0.25) is 0 Å². The molecule has 0 aliphatic carbocycles. The summed E-state index contributed by atoms with van der Waals surface area (Å²) < 4.78 is 2.20. The van der Waals surface area contributed by atoms with Gasteiger partial charge in [-0.3, -0.25) is 4.90 Å². The molecule has 0 amide bonds. The van der Waals surface area contributed by atoms with Crippen LogP contribution < -0.4 is 0 Å². The molecule has 0 unspecified atom stereocenters. The average molecular weight is 321 g/mol. The quantitative estimate of drug-likeness (QED) is 0.743. The van der Waals surface area contributed by atoms with Crippen molar-refractivity contribution in [3.05, 3.63) is 59.1 Å². The summed E-state index contributed by atoms with van der Waals surface area (Å²) in [5, 5.41) is 0. The van der Waals surface area contributed by atoms with E-state index in [1.165, 1.54) is 17.0 Å². The van der Waals surface area contributed by atoms with Crippen molar-refractivity contribution in [1.82, 2.24) is 24.3 Å². The van der Waals surface area contributed by atoms with Gasteiger partial charge in [0.1, 0.15) is 11.5 Å². The third-order valence-corrected chi connectivity index (χ3v) is 4.75. The van der Waals surface area contributed by atoms with Crippen molar-refractivity contribution < 1.29 is 0 Å². The molecule has 0 aromatic carbocycles. The van der Waals surface area contributed by atoms with E-state index in [0.717, 1.165) is 43.2 Å². The number of pyridine rings is 1. The second-order valence-corrected chi connectivity index (χ2v) is 6.89. The number of hydrogen-bond donors (Lipinski definition) is 0. The van der Waals surface area contributed by atoms with Crippen LogP contribution in [0.4, 0.5) is 0 Å². The first-order valence-corrected chi connectivity index (χ1v) is 8.61. The molecule has 5 heteroatoms. The lowest BCUT2D eigenvalue weighted by Crippen LogP contribution is -2.31. The minimum Gasteiger partial charge on any atom is -0.302 e. The smallest absolute Gasteiger partial charge is 0.137 e. The Hall–Kier alpha value is -2.27. The molecular formula is C19H23N5. The molecule has 5 nitrogen and oxygen atoms in total. The number of aryl methyl sites for hydroxylation is 1. The molecule has 24 heavy (non-hydrogen) atoms. The monoisotopic (exact) mass is 321 g/mol. The molecule has 1 aliphatic rings. The average Bonchev–Trinajstić information content (AvgIpc) is 2.90. The lowest BCUT2D eigenvalue weighted by atomic mass is 10.1. The van der Waals surface area contributed by atoms with Crippen molar-refractivity contribution in [2.75, 3.05) is 6.54 Å². The van der Waals surface area contributed by atoms with Crippen LogP contribution in [-0.4, -0.2) is 30.8 Å². The van der Waals surface area contributed by atoms with E-state index in [1.54, 1.807) is 0 Å². The highest BCUT2D eigenvalue weighted by Gasteiger charge is 2.21. The predicted molar refractivity (Wildman–Crippen MR) is 93.9 cm³/mol. The van der Waals surface area contributed by atoms with Crippen LogP contribution in [0, 0.1) is 6.92 Å². The molecule has 124 valence electrons. The van der Waals surface area contributed by atoms with Crippen LogP contribution in [0.1, 0.15) is 48.2 Å². The lowest BCUT2D eigenvalue weighted by Gasteiger charge is -2.28. The number of imidazole rings is 1. The summed E-state index contributed by atoms with van der Waals surface area (Å²) in [5.74, 6) is 1.34. The van der Waals surface area contributed by atoms with E-state index in [2.05, 4.69) is 58.4 Å². The van der Waals surface area contributed by atoms with Gasteiger partial charge >= 0.3 is 0 Å². The van der Waals surface area contributed by atoms with Crippen molar-refractivity contribution in [1.29, 1.82) is 0 Å². The first kappa shape index (κ1) is 15.3. The Morgan fingerprint density at radius 2 is 2.08 bits per heavy atom. The predicted octanol–water partition coefficient (Wildman–Crippen LogP) is 3.11. The van der Waals surface area contributed by atoms with Crippen molar-refractivity contribution in [2.45, 2.75) is 46.2 Å². The highest BCUT2D eigenvalue weighted by atomic mass is 15.2. The van der Waals surface area contributed by atoms with Crippen LogP contribution in [0.15, 0.2) is 30.6 Å². The summed E-state index contributed by atoms with van der Waals surface area (Å²) in [6.45, 7) is 9.23. The van der Waals surface area contributed by atoms with E-state index in [1.807, 2.05) is 12.3 Å². The van der Waals surface area contributed by atoms with Gasteiger partial charge in [0.25, 0.3) is 0 Å². The van der Waals surface area contributed by atoms with E-state index < -0.39 is 0 Å². The number of aromatic nitrogens is 4. The summed E-state index contributed by atoms with van der Waals surface area (Å²) in [7, 11) is 0. The van der Waals surface area contributed by atoms with Gasteiger partial charge in [0.05, 0.1) is 11.4 Å². The molecule has 0 atom stereocenters. The Morgan fingerprint density at radius 3 is 2.92 bits per heavy atom. The molecule has 3 aromatic heterocycles. The van der Waals surface area contributed by atoms with Crippen molar-refractivity contribution in [2.24, 2.45) is 0 Å². The number of fused-ring (bicyclic) bond motifs is 2. The Labute approximate surface area is 142 Å². The number of nitrogens with zero attached hydrogens (tertiary/aromatic N) is 5.